The average molecular weight is 257 g/mol. The zero-order valence-electron chi connectivity index (χ0n) is 10.4. The maximum absolute atomic E-state index is 11.6. The van der Waals surface area contributed by atoms with Crippen LogP contribution < -0.4 is 15.4 Å². The van der Waals surface area contributed by atoms with Gasteiger partial charge in [0.15, 0.2) is 0 Å². The second kappa shape index (κ2) is 5.37. The van der Waals surface area contributed by atoms with E-state index in [1.165, 1.54) is 0 Å². The summed E-state index contributed by atoms with van der Waals surface area (Å²) in [5, 5.41) is 0. The fourth-order valence-corrected chi connectivity index (χ4v) is 2.44. The molecule has 0 heterocycles. The molecule has 0 saturated carbocycles. The number of sulfonamides is 1. The minimum atomic E-state index is -3.33. The van der Waals surface area contributed by atoms with E-state index in [0.717, 1.165) is 11.3 Å². The fraction of sp³-hybridized carbons (Fsp3) is 0.455. The van der Waals surface area contributed by atoms with E-state index < -0.39 is 10.0 Å². The van der Waals surface area contributed by atoms with Crippen LogP contribution >= 0.6 is 0 Å². The summed E-state index contributed by atoms with van der Waals surface area (Å²) >= 11 is 0. The lowest BCUT2D eigenvalue weighted by molar-refractivity contribution is 0.601. The molecule has 5 nitrogen and oxygen atoms in total. The Hall–Kier alpha value is -1.27. The van der Waals surface area contributed by atoms with E-state index in [9.17, 15) is 8.42 Å². The van der Waals surface area contributed by atoms with Gasteiger partial charge < -0.3 is 10.6 Å². The number of hydrogen-bond acceptors (Lipinski definition) is 4. The molecule has 0 aliphatic heterocycles. The van der Waals surface area contributed by atoms with E-state index in [4.69, 9.17) is 5.73 Å². The highest BCUT2D eigenvalue weighted by Gasteiger charge is 2.10. The third-order valence-corrected chi connectivity index (χ3v) is 3.67. The van der Waals surface area contributed by atoms with Gasteiger partial charge in [0.25, 0.3) is 0 Å². The van der Waals surface area contributed by atoms with E-state index in [1.54, 1.807) is 6.07 Å². The highest BCUT2D eigenvalue weighted by Crippen LogP contribution is 2.23. The zero-order valence-corrected chi connectivity index (χ0v) is 11.2. The van der Waals surface area contributed by atoms with Crippen molar-refractivity contribution in [2.75, 3.05) is 36.0 Å². The topological polar surface area (TPSA) is 75.4 Å². The summed E-state index contributed by atoms with van der Waals surface area (Å²) in [5.41, 5.74) is 7.88. The number of nitrogens with two attached hydrogens (primary N) is 1. The molecular formula is C11H19N3O2S. The predicted octanol–water partition coefficient (Wildman–Crippen LogP) is 0.761. The van der Waals surface area contributed by atoms with Crippen molar-refractivity contribution in [1.82, 2.24) is 0 Å². The molecule has 0 saturated heterocycles. The molecule has 96 valence electrons. The van der Waals surface area contributed by atoms with E-state index in [-0.39, 0.29) is 12.3 Å². The first-order chi connectivity index (χ1) is 7.85. The van der Waals surface area contributed by atoms with Gasteiger partial charge in [-0.15, -0.1) is 0 Å². The largest absolute Gasteiger partial charge is 0.377 e. The third kappa shape index (κ3) is 3.90. The normalized spacial score (nSPS) is 11.3. The smallest absolute Gasteiger partial charge is 0.233 e. The second-order valence-electron chi connectivity index (χ2n) is 4.11. The van der Waals surface area contributed by atoms with Crippen molar-refractivity contribution < 1.29 is 8.42 Å². The van der Waals surface area contributed by atoms with Gasteiger partial charge in [0.1, 0.15) is 0 Å². The van der Waals surface area contributed by atoms with Crippen LogP contribution in [0.2, 0.25) is 0 Å². The van der Waals surface area contributed by atoms with Crippen molar-refractivity contribution in [3.05, 3.63) is 23.8 Å². The summed E-state index contributed by atoms with van der Waals surface area (Å²) in [4.78, 5) is 1.94. The standard InChI is InChI=1S/C11H19N3O2S/c1-9-4-5-10(8-11(9)14(2)3)13-17(15,16)7-6-12/h4-5,8,13H,6-7,12H2,1-3H3. The highest BCUT2D eigenvalue weighted by atomic mass is 32.2. The number of anilines is 2. The number of nitrogens with one attached hydrogen (secondary N) is 1. The number of rotatable bonds is 5. The Bertz CT molecular complexity index is 483. The van der Waals surface area contributed by atoms with Gasteiger partial charge in [-0.25, -0.2) is 8.42 Å². The van der Waals surface area contributed by atoms with Gasteiger partial charge in [0.2, 0.25) is 10.0 Å². The molecule has 0 atom stereocenters. The van der Waals surface area contributed by atoms with Crippen molar-refractivity contribution in [2.45, 2.75) is 6.92 Å². The van der Waals surface area contributed by atoms with Gasteiger partial charge in [-0.3, -0.25) is 4.72 Å². The van der Waals surface area contributed by atoms with Crippen molar-refractivity contribution in [1.29, 1.82) is 0 Å². The van der Waals surface area contributed by atoms with Crippen LogP contribution in [0.5, 0.6) is 0 Å². The molecule has 0 spiro atoms. The van der Waals surface area contributed by atoms with Crippen LogP contribution in [0.25, 0.3) is 0 Å². The molecule has 3 N–H and O–H groups in total. The molecule has 0 radical (unpaired) electrons. The number of hydrogen-bond donors (Lipinski definition) is 2. The van der Waals surface area contributed by atoms with Crippen molar-refractivity contribution in [3.8, 4) is 0 Å². The van der Waals surface area contributed by atoms with Gasteiger partial charge >= 0.3 is 0 Å². The SMILES string of the molecule is Cc1ccc(NS(=O)(=O)CCN)cc1N(C)C. The molecule has 6 heteroatoms. The summed E-state index contributed by atoms with van der Waals surface area (Å²) < 4.78 is 25.6. The van der Waals surface area contributed by atoms with E-state index in [2.05, 4.69) is 4.72 Å². The quantitative estimate of drug-likeness (QED) is 0.816. The van der Waals surface area contributed by atoms with Gasteiger partial charge in [-0.2, -0.15) is 0 Å². The van der Waals surface area contributed by atoms with Gasteiger partial charge in [0.05, 0.1) is 11.4 Å². The van der Waals surface area contributed by atoms with Gasteiger partial charge in [0, 0.05) is 26.3 Å². The molecule has 1 rings (SSSR count). The molecule has 0 bridgehead atoms. The van der Waals surface area contributed by atoms with Gasteiger partial charge in [-0.05, 0) is 24.6 Å². The first kappa shape index (κ1) is 13.8. The maximum atomic E-state index is 11.6. The molecule has 1 aromatic carbocycles. The Balaban J connectivity index is 2.97. The summed E-state index contributed by atoms with van der Waals surface area (Å²) in [5.74, 6) is -0.0713. The lowest BCUT2D eigenvalue weighted by Crippen LogP contribution is -2.22. The highest BCUT2D eigenvalue weighted by molar-refractivity contribution is 7.92. The van der Waals surface area contributed by atoms with Crippen LogP contribution in [0.4, 0.5) is 11.4 Å². The van der Waals surface area contributed by atoms with Crippen LogP contribution in [-0.4, -0.2) is 34.8 Å². The lowest BCUT2D eigenvalue weighted by atomic mass is 10.2. The fourth-order valence-electron chi connectivity index (χ4n) is 1.54. The van der Waals surface area contributed by atoms with Crippen LogP contribution in [0.3, 0.4) is 0 Å². The Morgan fingerprint density at radius 1 is 1.35 bits per heavy atom. The predicted molar refractivity (Wildman–Crippen MR) is 72.0 cm³/mol. The van der Waals surface area contributed by atoms with Gasteiger partial charge in [-0.1, -0.05) is 6.07 Å². The summed E-state index contributed by atoms with van der Waals surface area (Å²) in [6.45, 7) is 2.09. The van der Waals surface area contributed by atoms with Crippen molar-refractivity contribution in [2.24, 2.45) is 5.73 Å². The second-order valence-corrected chi connectivity index (χ2v) is 5.95. The van der Waals surface area contributed by atoms with E-state index >= 15 is 0 Å². The Kier molecular flexibility index (Phi) is 4.36. The van der Waals surface area contributed by atoms with Crippen molar-refractivity contribution in [3.63, 3.8) is 0 Å². The molecule has 17 heavy (non-hydrogen) atoms. The number of aryl methyl sites for hydroxylation is 1. The first-order valence-electron chi connectivity index (χ1n) is 5.34. The van der Waals surface area contributed by atoms with Crippen LogP contribution in [-0.2, 0) is 10.0 Å². The lowest BCUT2D eigenvalue weighted by Gasteiger charge is -2.17. The molecule has 0 unspecified atom stereocenters. The molecule has 1 aromatic rings. The third-order valence-electron chi connectivity index (χ3n) is 2.35. The Morgan fingerprint density at radius 3 is 2.53 bits per heavy atom. The molecule has 0 aromatic heterocycles. The van der Waals surface area contributed by atoms with E-state index in [1.807, 2.05) is 38.1 Å². The van der Waals surface area contributed by atoms with Crippen LogP contribution in [0.1, 0.15) is 5.56 Å². The molecule has 0 amide bonds. The Labute approximate surface area is 103 Å². The number of benzene rings is 1. The number of nitrogens with zero attached hydrogens (tertiary/aromatic N) is 1. The molecule has 0 aliphatic rings. The first-order valence-corrected chi connectivity index (χ1v) is 6.99. The summed E-state index contributed by atoms with van der Waals surface area (Å²) in [7, 11) is 0.501. The minimum absolute atomic E-state index is 0.0713. The summed E-state index contributed by atoms with van der Waals surface area (Å²) in [6, 6.07) is 5.44. The Morgan fingerprint density at radius 2 is 2.00 bits per heavy atom. The van der Waals surface area contributed by atoms with Crippen LogP contribution in [0, 0.1) is 6.92 Å². The minimum Gasteiger partial charge on any atom is -0.377 e. The molecule has 0 aliphatic carbocycles. The van der Waals surface area contributed by atoms with E-state index in [0.29, 0.717) is 5.69 Å². The zero-order chi connectivity index (χ0) is 13.1. The molecular weight excluding hydrogens is 238 g/mol. The maximum Gasteiger partial charge on any atom is 0.233 e. The van der Waals surface area contributed by atoms with Crippen molar-refractivity contribution >= 4 is 21.4 Å². The average Bonchev–Trinajstić information content (AvgIpc) is 2.20. The molecule has 0 fully saturated rings. The summed E-state index contributed by atoms with van der Waals surface area (Å²) in [6.07, 6.45) is 0. The van der Waals surface area contributed by atoms with Crippen LogP contribution in [0.15, 0.2) is 18.2 Å². The monoisotopic (exact) mass is 257 g/mol.